The third kappa shape index (κ3) is 2.75. The van der Waals surface area contributed by atoms with Gasteiger partial charge in [0, 0.05) is 0 Å². The van der Waals surface area contributed by atoms with Gasteiger partial charge in [0.25, 0.3) is 0 Å². The minimum absolute atomic E-state index is 0.0421. The van der Waals surface area contributed by atoms with Crippen LogP contribution in [0.2, 0.25) is 0 Å². The van der Waals surface area contributed by atoms with Crippen LogP contribution in [0.1, 0.15) is 44.3 Å². The molecule has 1 N–H and O–H groups in total. The third-order valence-electron chi connectivity index (χ3n) is 3.88. The van der Waals surface area contributed by atoms with Gasteiger partial charge < -0.3 is 5.11 Å². The molecule has 100 valence electrons. The molecule has 1 nitrogen and oxygen atoms in total. The molecule has 1 aromatic rings. The summed E-state index contributed by atoms with van der Waals surface area (Å²) in [6.07, 6.45) is 2.63. The highest BCUT2D eigenvalue weighted by Gasteiger charge is 2.30. The molecule has 0 bridgehead atoms. The maximum absolute atomic E-state index is 13.9. The van der Waals surface area contributed by atoms with Crippen molar-refractivity contribution in [1.82, 2.24) is 0 Å². The molecule has 1 aromatic carbocycles. The van der Waals surface area contributed by atoms with Crippen molar-refractivity contribution in [3.63, 3.8) is 0 Å². The number of hydrogen-bond donors (Lipinski definition) is 1. The van der Waals surface area contributed by atoms with Crippen LogP contribution in [0.4, 0.5) is 8.78 Å². The standard InChI is InChI=1S/C14H17BrF2O/c1-8-2-4-9(5-3-8)14(18)12-11(16)7-6-10(15)13(12)17/h6-9,14,18H,2-5H2,1H3. The van der Waals surface area contributed by atoms with E-state index in [1.165, 1.54) is 12.1 Å². The quantitative estimate of drug-likeness (QED) is 0.791. The molecule has 1 atom stereocenters. The van der Waals surface area contributed by atoms with E-state index < -0.39 is 17.7 Å². The van der Waals surface area contributed by atoms with Crippen LogP contribution in [0.5, 0.6) is 0 Å². The lowest BCUT2D eigenvalue weighted by Gasteiger charge is -2.30. The van der Waals surface area contributed by atoms with Gasteiger partial charge >= 0.3 is 0 Å². The van der Waals surface area contributed by atoms with Gasteiger partial charge in [-0.25, -0.2) is 8.78 Å². The zero-order chi connectivity index (χ0) is 13.3. The number of halogens is 3. The number of aliphatic hydroxyl groups excluding tert-OH is 1. The minimum Gasteiger partial charge on any atom is -0.388 e. The first-order valence-corrected chi connectivity index (χ1v) is 7.11. The van der Waals surface area contributed by atoms with Gasteiger partial charge in [0.05, 0.1) is 16.1 Å². The summed E-state index contributed by atoms with van der Waals surface area (Å²) in [6.45, 7) is 2.17. The number of aliphatic hydroxyl groups is 1. The van der Waals surface area contributed by atoms with E-state index in [2.05, 4.69) is 22.9 Å². The number of benzene rings is 1. The Labute approximate surface area is 114 Å². The highest BCUT2D eigenvalue weighted by atomic mass is 79.9. The zero-order valence-electron chi connectivity index (χ0n) is 10.3. The molecule has 0 spiro atoms. The van der Waals surface area contributed by atoms with Gasteiger partial charge in [-0.1, -0.05) is 19.8 Å². The molecule has 0 amide bonds. The van der Waals surface area contributed by atoms with Crippen molar-refractivity contribution >= 4 is 15.9 Å². The maximum Gasteiger partial charge on any atom is 0.146 e. The molecule has 1 aliphatic carbocycles. The second-order valence-corrected chi connectivity index (χ2v) is 6.08. The molecule has 1 fully saturated rings. The van der Waals surface area contributed by atoms with Crippen LogP contribution >= 0.6 is 15.9 Å². The van der Waals surface area contributed by atoms with Gasteiger partial charge in [0.15, 0.2) is 0 Å². The Morgan fingerprint density at radius 2 is 1.83 bits per heavy atom. The van der Waals surface area contributed by atoms with Gasteiger partial charge in [-0.15, -0.1) is 0 Å². The predicted molar refractivity (Wildman–Crippen MR) is 70.1 cm³/mol. The van der Waals surface area contributed by atoms with E-state index in [1.54, 1.807) is 0 Å². The maximum atomic E-state index is 13.9. The fraction of sp³-hybridized carbons (Fsp3) is 0.571. The highest BCUT2D eigenvalue weighted by Crippen LogP contribution is 2.39. The Hall–Kier alpha value is -0.480. The normalized spacial score (nSPS) is 26.1. The summed E-state index contributed by atoms with van der Waals surface area (Å²) < 4.78 is 27.8. The molecule has 18 heavy (non-hydrogen) atoms. The zero-order valence-corrected chi connectivity index (χ0v) is 11.9. The molecule has 0 aliphatic heterocycles. The summed E-state index contributed by atoms with van der Waals surface area (Å²) in [4.78, 5) is 0. The molecule has 4 heteroatoms. The molecule has 1 aliphatic rings. The van der Waals surface area contributed by atoms with Crippen molar-refractivity contribution < 1.29 is 13.9 Å². The molecule has 0 radical (unpaired) electrons. The SMILES string of the molecule is CC1CCC(C(O)c2c(F)ccc(Br)c2F)CC1. The Kier molecular flexibility index (Phi) is 4.38. The lowest BCUT2D eigenvalue weighted by molar-refractivity contribution is 0.0693. The van der Waals surface area contributed by atoms with Crippen molar-refractivity contribution in [2.24, 2.45) is 11.8 Å². The lowest BCUT2D eigenvalue weighted by Crippen LogP contribution is -2.21. The summed E-state index contributed by atoms with van der Waals surface area (Å²) in [6, 6.07) is 2.51. The molecule has 2 rings (SSSR count). The van der Waals surface area contributed by atoms with E-state index in [-0.39, 0.29) is 16.0 Å². The summed E-state index contributed by atoms with van der Waals surface area (Å²) in [7, 11) is 0. The Balaban J connectivity index is 2.23. The van der Waals surface area contributed by atoms with Crippen molar-refractivity contribution in [3.05, 3.63) is 33.8 Å². The van der Waals surface area contributed by atoms with Gasteiger partial charge in [0.1, 0.15) is 11.6 Å². The lowest BCUT2D eigenvalue weighted by atomic mass is 9.78. The number of rotatable bonds is 2. The average molecular weight is 319 g/mol. The molecule has 1 unspecified atom stereocenters. The van der Waals surface area contributed by atoms with Gasteiger partial charge in [-0.3, -0.25) is 0 Å². The molecule has 0 heterocycles. The molecule has 0 aromatic heterocycles. The molecule has 0 saturated heterocycles. The van der Waals surface area contributed by atoms with E-state index in [0.717, 1.165) is 25.7 Å². The number of hydrogen-bond acceptors (Lipinski definition) is 1. The Bertz CT molecular complexity index is 428. The second kappa shape index (κ2) is 5.66. The Morgan fingerprint density at radius 3 is 2.44 bits per heavy atom. The summed E-state index contributed by atoms with van der Waals surface area (Å²) in [5, 5.41) is 10.2. The Morgan fingerprint density at radius 1 is 1.22 bits per heavy atom. The van der Waals surface area contributed by atoms with Crippen LogP contribution in [0.15, 0.2) is 16.6 Å². The molecule has 1 saturated carbocycles. The van der Waals surface area contributed by atoms with Crippen LogP contribution < -0.4 is 0 Å². The third-order valence-corrected chi connectivity index (χ3v) is 4.49. The van der Waals surface area contributed by atoms with Crippen LogP contribution in [0.25, 0.3) is 0 Å². The highest BCUT2D eigenvalue weighted by molar-refractivity contribution is 9.10. The van der Waals surface area contributed by atoms with E-state index in [4.69, 9.17) is 0 Å². The smallest absolute Gasteiger partial charge is 0.146 e. The van der Waals surface area contributed by atoms with Crippen molar-refractivity contribution in [2.75, 3.05) is 0 Å². The van der Waals surface area contributed by atoms with Crippen molar-refractivity contribution in [1.29, 1.82) is 0 Å². The van der Waals surface area contributed by atoms with Crippen LogP contribution in [-0.4, -0.2) is 5.11 Å². The summed E-state index contributed by atoms with van der Waals surface area (Å²) in [5.74, 6) is -0.743. The molecular formula is C14H17BrF2O. The topological polar surface area (TPSA) is 20.2 Å². The van der Waals surface area contributed by atoms with Crippen LogP contribution in [-0.2, 0) is 0 Å². The van der Waals surface area contributed by atoms with Gasteiger partial charge in [0.2, 0.25) is 0 Å². The summed E-state index contributed by atoms with van der Waals surface area (Å²) in [5.41, 5.74) is -0.191. The van der Waals surface area contributed by atoms with E-state index in [0.29, 0.717) is 5.92 Å². The van der Waals surface area contributed by atoms with Crippen LogP contribution in [0, 0.1) is 23.5 Å². The van der Waals surface area contributed by atoms with Crippen molar-refractivity contribution in [2.45, 2.75) is 38.7 Å². The largest absolute Gasteiger partial charge is 0.388 e. The van der Waals surface area contributed by atoms with E-state index in [1.807, 2.05) is 0 Å². The van der Waals surface area contributed by atoms with Gasteiger partial charge in [-0.05, 0) is 52.7 Å². The average Bonchev–Trinajstić information content (AvgIpc) is 2.35. The first-order chi connectivity index (χ1) is 8.50. The predicted octanol–water partition coefficient (Wildman–Crippen LogP) is 4.59. The first-order valence-electron chi connectivity index (χ1n) is 6.32. The fourth-order valence-electron chi connectivity index (χ4n) is 2.65. The summed E-state index contributed by atoms with van der Waals surface area (Å²) >= 11 is 3.03. The minimum atomic E-state index is -1.05. The second-order valence-electron chi connectivity index (χ2n) is 5.22. The van der Waals surface area contributed by atoms with E-state index >= 15 is 0 Å². The van der Waals surface area contributed by atoms with E-state index in [9.17, 15) is 13.9 Å². The molecular weight excluding hydrogens is 302 g/mol. The van der Waals surface area contributed by atoms with Crippen molar-refractivity contribution in [3.8, 4) is 0 Å². The monoisotopic (exact) mass is 318 g/mol. The first kappa shape index (κ1) is 13.9. The van der Waals surface area contributed by atoms with Crippen LogP contribution in [0.3, 0.4) is 0 Å². The fourth-order valence-corrected chi connectivity index (χ4v) is 3.00. The van der Waals surface area contributed by atoms with Gasteiger partial charge in [-0.2, -0.15) is 0 Å².